The van der Waals surface area contributed by atoms with Crippen molar-refractivity contribution in [2.24, 2.45) is 0 Å². The number of fused-ring (bicyclic) bond motifs is 1. The van der Waals surface area contributed by atoms with E-state index in [0.29, 0.717) is 5.56 Å². The van der Waals surface area contributed by atoms with Crippen LogP contribution in [0, 0.1) is 11.6 Å². The molecule has 0 spiro atoms. The van der Waals surface area contributed by atoms with Gasteiger partial charge < -0.3 is 14.9 Å². The highest BCUT2D eigenvalue weighted by atomic mass is 32.1. The molecule has 1 aliphatic rings. The molecule has 0 aliphatic carbocycles. The van der Waals surface area contributed by atoms with Crippen LogP contribution in [-0.2, 0) is 9.59 Å². The van der Waals surface area contributed by atoms with Crippen LogP contribution in [0.1, 0.15) is 17.2 Å². The second-order valence-corrected chi connectivity index (χ2v) is 8.70. The minimum atomic E-state index is -1.13. The van der Waals surface area contributed by atoms with E-state index < -0.39 is 35.1 Å². The van der Waals surface area contributed by atoms with Crippen molar-refractivity contribution in [1.29, 1.82) is 0 Å². The number of anilines is 1. The van der Waals surface area contributed by atoms with Crippen LogP contribution in [0.25, 0.3) is 16.0 Å². The van der Waals surface area contributed by atoms with Gasteiger partial charge in [-0.1, -0.05) is 35.6 Å². The monoisotopic (exact) mass is 494 g/mol. The van der Waals surface area contributed by atoms with Gasteiger partial charge in [-0.05, 0) is 35.9 Å². The first-order valence-electron chi connectivity index (χ1n) is 10.3. The van der Waals surface area contributed by atoms with Gasteiger partial charge in [0.05, 0.1) is 34.5 Å². The second-order valence-electron chi connectivity index (χ2n) is 7.69. The number of halogens is 2. The van der Waals surface area contributed by atoms with E-state index in [1.165, 1.54) is 31.4 Å². The summed E-state index contributed by atoms with van der Waals surface area (Å²) in [6.07, 6.45) is 0. The number of carbonyl (C=O) groups excluding carboxylic acids is 2. The molecule has 1 amide bonds. The summed E-state index contributed by atoms with van der Waals surface area (Å²) in [7, 11) is 1.40. The fraction of sp³-hybridized carbons (Fsp3) is 0.0800. The molecule has 0 saturated carbocycles. The maximum Gasteiger partial charge on any atom is 0.301 e. The summed E-state index contributed by atoms with van der Waals surface area (Å²) >= 11 is 0.899. The third-order valence-electron chi connectivity index (χ3n) is 5.64. The number of nitrogens with zero attached hydrogens (tertiary/aromatic N) is 2. The van der Waals surface area contributed by atoms with Crippen molar-refractivity contribution >= 4 is 44.1 Å². The molecule has 35 heavy (non-hydrogen) atoms. The van der Waals surface area contributed by atoms with E-state index in [2.05, 4.69) is 4.98 Å². The number of ketones is 1. The first-order chi connectivity index (χ1) is 16.8. The van der Waals surface area contributed by atoms with Gasteiger partial charge in [-0.25, -0.2) is 13.8 Å². The number of ether oxygens (including phenoxy) is 1. The molecule has 176 valence electrons. The Balaban J connectivity index is 1.75. The fourth-order valence-corrected chi connectivity index (χ4v) is 5.00. The number of Topliss-reactive ketones (excluding diaryl/α,β-unsaturated/α-hetero) is 1. The van der Waals surface area contributed by atoms with Gasteiger partial charge in [-0.2, -0.15) is 0 Å². The Kier molecular flexibility index (Phi) is 5.45. The van der Waals surface area contributed by atoms with Crippen LogP contribution in [0.2, 0.25) is 0 Å². The summed E-state index contributed by atoms with van der Waals surface area (Å²) in [6, 6.07) is 13.0. The van der Waals surface area contributed by atoms with Crippen LogP contribution in [0.15, 0.2) is 66.2 Å². The number of aliphatic hydroxyl groups is 1. The van der Waals surface area contributed by atoms with E-state index in [9.17, 15) is 28.6 Å². The zero-order valence-corrected chi connectivity index (χ0v) is 18.8. The standard InChI is InChI=1S/C25H16F2N2O5S/c1-34-18-5-3-2-4-14(18)22(31)20-21(12-6-8-13(30)9-7-12)29(24(33)23(20)32)25-28-17-10-15(26)16(27)11-19(17)35-25/h2-11,21,30-31H,1H3/b22-20+. The highest BCUT2D eigenvalue weighted by Gasteiger charge is 2.48. The zero-order valence-electron chi connectivity index (χ0n) is 18.0. The summed E-state index contributed by atoms with van der Waals surface area (Å²) < 4.78 is 33.1. The molecule has 1 saturated heterocycles. The van der Waals surface area contributed by atoms with Crippen LogP contribution in [0.5, 0.6) is 11.5 Å². The number of hydrogen-bond acceptors (Lipinski definition) is 7. The highest BCUT2D eigenvalue weighted by molar-refractivity contribution is 7.22. The Labute approximate surface area is 201 Å². The van der Waals surface area contributed by atoms with Crippen molar-refractivity contribution in [3.8, 4) is 11.5 Å². The largest absolute Gasteiger partial charge is 0.508 e. The van der Waals surface area contributed by atoms with Gasteiger partial charge in [0.1, 0.15) is 17.3 Å². The minimum absolute atomic E-state index is 0.0178. The molecule has 7 nitrogen and oxygen atoms in total. The Morgan fingerprint density at radius 2 is 1.74 bits per heavy atom. The number of methoxy groups -OCH3 is 1. The van der Waals surface area contributed by atoms with Gasteiger partial charge in [0.2, 0.25) is 0 Å². The summed E-state index contributed by atoms with van der Waals surface area (Å²) in [5.74, 6) is -4.32. The van der Waals surface area contributed by atoms with Crippen LogP contribution < -0.4 is 9.64 Å². The van der Waals surface area contributed by atoms with Crippen LogP contribution in [0.3, 0.4) is 0 Å². The molecule has 1 aromatic heterocycles. The molecule has 5 rings (SSSR count). The smallest absolute Gasteiger partial charge is 0.301 e. The van der Waals surface area contributed by atoms with Gasteiger partial charge in [0.25, 0.3) is 5.78 Å². The number of hydrogen-bond donors (Lipinski definition) is 2. The van der Waals surface area contributed by atoms with E-state index in [0.717, 1.165) is 28.4 Å². The highest BCUT2D eigenvalue weighted by Crippen LogP contribution is 2.45. The molecular weight excluding hydrogens is 478 g/mol. The molecular formula is C25H16F2N2O5S. The number of aromatic nitrogens is 1. The number of para-hydroxylation sites is 1. The lowest BCUT2D eigenvalue weighted by Crippen LogP contribution is -2.29. The normalized spacial score (nSPS) is 17.3. The lowest BCUT2D eigenvalue weighted by Gasteiger charge is -2.23. The summed E-state index contributed by atoms with van der Waals surface area (Å²) in [6.45, 7) is 0. The predicted octanol–water partition coefficient (Wildman–Crippen LogP) is 4.92. The lowest BCUT2D eigenvalue weighted by molar-refractivity contribution is -0.132. The average molecular weight is 494 g/mol. The van der Waals surface area contributed by atoms with Gasteiger partial charge >= 0.3 is 5.91 Å². The first kappa shape index (κ1) is 22.5. The number of aromatic hydroxyl groups is 1. The summed E-state index contributed by atoms with van der Waals surface area (Å²) in [5.41, 5.74) is 0.488. The molecule has 1 aliphatic heterocycles. The van der Waals surface area contributed by atoms with Crippen LogP contribution in [-0.4, -0.2) is 34.0 Å². The van der Waals surface area contributed by atoms with Crippen molar-refractivity contribution in [2.75, 3.05) is 12.0 Å². The van der Waals surface area contributed by atoms with E-state index >= 15 is 0 Å². The van der Waals surface area contributed by atoms with Gasteiger partial charge in [0, 0.05) is 6.07 Å². The number of thiazole rings is 1. The number of phenols is 1. The third kappa shape index (κ3) is 3.68. The molecule has 1 unspecified atom stereocenters. The SMILES string of the molecule is COc1ccccc1/C(O)=C1\C(=O)C(=O)N(c2nc3cc(F)c(F)cc3s2)C1c1ccc(O)cc1. The summed E-state index contributed by atoms with van der Waals surface area (Å²) in [5, 5.41) is 21.0. The van der Waals surface area contributed by atoms with E-state index in [-0.39, 0.29) is 38.0 Å². The Morgan fingerprint density at radius 1 is 1.06 bits per heavy atom. The second kappa shape index (κ2) is 8.48. The van der Waals surface area contributed by atoms with Crippen LogP contribution >= 0.6 is 11.3 Å². The molecule has 2 N–H and O–H groups in total. The topological polar surface area (TPSA) is 100.0 Å². The van der Waals surface area contributed by atoms with Gasteiger partial charge in [-0.15, -0.1) is 0 Å². The Morgan fingerprint density at radius 3 is 2.46 bits per heavy atom. The number of rotatable bonds is 4. The number of carbonyl (C=O) groups is 2. The van der Waals surface area contributed by atoms with Crippen LogP contribution in [0.4, 0.5) is 13.9 Å². The molecule has 3 aromatic carbocycles. The minimum Gasteiger partial charge on any atom is -0.508 e. The first-order valence-corrected chi connectivity index (χ1v) is 11.1. The predicted molar refractivity (Wildman–Crippen MR) is 125 cm³/mol. The molecule has 0 radical (unpaired) electrons. The number of phenolic OH excluding ortho intramolecular Hbond substituents is 1. The van der Waals surface area contributed by atoms with Crippen molar-refractivity contribution in [3.05, 3.63) is 89.0 Å². The lowest BCUT2D eigenvalue weighted by atomic mass is 9.95. The Bertz CT molecular complexity index is 1490. The number of benzene rings is 3. The third-order valence-corrected chi connectivity index (χ3v) is 6.66. The molecule has 4 aromatic rings. The van der Waals surface area contributed by atoms with E-state index in [4.69, 9.17) is 4.74 Å². The maximum atomic E-state index is 13.8. The molecule has 2 heterocycles. The van der Waals surface area contributed by atoms with Crippen molar-refractivity contribution in [2.45, 2.75) is 6.04 Å². The zero-order chi connectivity index (χ0) is 24.9. The van der Waals surface area contributed by atoms with Crippen molar-refractivity contribution in [3.63, 3.8) is 0 Å². The molecule has 10 heteroatoms. The van der Waals surface area contributed by atoms with E-state index in [1.807, 2.05) is 0 Å². The summed E-state index contributed by atoms with van der Waals surface area (Å²) in [4.78, 5) is 31.8. The van der Waals surface area contributed by atoms with Crippen molar-refractivity contribution < 1.29 is 33.3 Å². The number of amides is 1. The van der Waals surface area contributed by atoms with Gasteiger partial charge in [-0.3, -0.25) is 14.5 Å². The van der Waals surface area contributed by atoms with Crippen molar-refractivity contribution in [1.82, 2.24) is 4.98 Å². The number of aliphatic hydroxyl groups excluding tert-OH is 1. The average Bonchev–Trinajstić information content (AvgIpc) is 3.37. The molecule has 1 atom stereocenters. The van der Waals surface area contributed by atoms with E-state index in [1.54, 1.807) is 24.3 Å². The molecule has 1 fully saturated rings. The molecule has 0 bridgehead atoms. The quantitative estimate of drug-likeness (QED) is 0.238. The maximum absolute atomic E-state index is 13.8. The van der Waals surface area contributed by atoms with Gasteiger partial charge in [0.15, 0.2) is 16.8 Å². The fourth-order valence-electron chi connectivity index (χ4n) is 4.00. The Hall–Kier alpha value is -4.31.